The van der Waals surface area contributed by atoms with Gasteiger partial charge in [-0.2, -0.15) is 0 Å². The van der Waals surface area contributed by atoms with Gasteiger partial charge < -0.3 is 11.5 Å². The minimum Gasteiger partial charge on any atom is -0.399 e. The molecule has 0 aliphatic heterocycles. The highest BCUT2D eigenvalue weighted by Crippen LogP contribution is 2.29. The number of nitrogen functional groups attached to an aromatic ring is 1. The van der Waals surface area contributed by atoms with Gasteiger partial charge in [-0.3, -0.25) is 4.79 Å². The van der Waals surface area contributed by atoms with Crippen molar-refractivity contribution in [1.82, 2.24) is 0 Å². The summed E-state index contributed by atoms with van der Waals surface area (Å²) in [7, 11) is 1.49. The molecule has 0 fully saturated rings. The van der Waals surface area contributed by atoms with Gasteiger partial charge in [0.1, 0.15) is 0 Å². The molecule has 0 radical (unpaired) electrons. The average molecular weight is 308 g/mol. The summed E-state index contributed by atoms with van der Waals surface area (Å²) in [5.41, 5.74) is 12.0. The lowest BCUT2D eigenvalue weighted by Gasteiger charge is -2.04. The van der Waals surface area contributed by atoms with Crippen molar-refractivity contribution in [2.24, 2.45) is 5.73 Å². The second-order valence-electron chi connectivity index (χ2n) is 2.46. The Morgan fingerprint density at radius 1 is 1.54 bits per heavy atom. The van der Waals surface area contributed by atoms with Gasteiger partial charge in [0.05, 0.1) is 6.54 Å². The Kier molecular flexibility index (Phi) is 4.01. The van der Waals surface area contributed by atoms with E-state index in [1.54, 1.807) is 12.1 Å². The van der Waals surface area contributed by atoms with Crippen LogP contribution >= 0.6 is 30.1 Å². The average Bonchev–Trinajstić information content (AvgIpc) is 2.16. The molecule has 70 valence electrons. The molecule has 0 heterocycles. The van der Waals surface area contributed by atoms with Gasteiger partial charge in [-0.1, -0.05) is 8.93 Å². The van der Waals surface area contributed by atoms with E-state index in [9.17, 15) is 4.79 Å². The van der Waals surface area contributed by atoms with Crippen molar-refractivity contribution in [2.45, 2.75) is 4.90 Å². The largest absolute Gasteiger partial charge is 0.399 e. The SMILES string of the molecule is NCC(=O)c1cc(N)ccc1SI. The molecule has 0 bridgehead atoms. The van der Waals surface area contributed by atoms with E-state index in [0.717, 1.165) is 4.90 Å². The summed E-state index contributed by atoms with van der Waals surface area (Å²) in [6.07, 6.45) is 0. The van der Waals surface area contributed by atoms with Crippen LogP contribution < -0.4 is 11.5 Å². The van der Waals surface area contributed by atoms with Gasteiger partial charge >= 0.3 is 0 Å². The molecule has 0 aliphatic carbocycles. The van der Waals surface area contributed by atoms with Crippen LogP contribution in [0.15, 0.2) is 23.1 Å². The number of Topliss-reactive ketones (excluding diaryl/α,β-unsaturated/α-hetero) is 1. The summed E-state index contributed by atoms with van der Waals surface area (Å²) in [5.74, 6) is -0.0773. The van der Waals surface area contributed by atoms with E-state index in [1.807, 2.05) is 6.07 Å². The quantitative estimate of drug-likeness (QED) is 0.508. The topological polar surface area (TPSA) is 69.1 Å². The Balaban J connectivity index is 3.15. The highest BCUT2D eigenvalue weighted by molar-refractivity contribution is 14.2. The minimum atomic E-state index is -0.0773. The third-order valence-corrected chi connectivity index (χ3v) is 3.52. The summed E-state index contributed by atoms with van der Waals surface area (Å²) in [5, 5.41) is 0. The molecule has 1 rings (SSSR count). The highest BCUT2D eigenvalue weighted by Gasteiger charge is 2.09. The van der Waals surface area contributed by atoms with E-state index in [4.69, 9.17) is 11.5 Å². The van der Waals surface area contributed by atoms with E-state index < -0.39 is 0 Å². The fourth-order valence-corrected chi connectivity index (χ4v) is 2.47. The first-order valence-corrected chi connectivity index (χ1v) is 6.96. The van der Waals surface area contributed by atoms with Gasteiger partial charge in [-0.05, 0) is 18.2 Å². The molecular weight excluding hydrogens is 299 g/mol. The number of carbonyl (C=O) groups excluding carboxylic acids is 1. The summed E-state index contributed by atoms with van der Waals surface area (Å²) in [6.45, 7) is 0.0215. The van der Waals surface area contributed by atoms with Crippen molar-refractivity contribution in [3.05, 3.63) is 23.8 Å². The predicted molar refractivity (Wildman–Crippen MR) is 64.1 cm³/mol. The molecule has 1 aromatic carbocycles. The highest BCUT2D eigenvalue weighted by atomic mass is 127. The molecule has 3 nitrogen and oxygen atoms in total. The Bertz CT molecular complexity index is 330. The Labute approximate surface area is 92.8 Å². The predicted octanol–water partition coefficient (Wildman–Crippen LogP) is 1.85. The zero-order valence-corrected chi connectivity index (χ0v) is 9.76. The lowest BCUT2D eigenvalue weighted by atomic mass is 10.1. The van der Waals surface area contributed by atoms with Gasteiger partial charge in [-0.15, -0.1) is 0 Å². The van der Waals surface area contributed by atoms with Crippen molar-refractivity contribution < 1.29 is 4.79 Å². The number of hydrogen-bond donors (Lipinski definition) is 2. The third-order valence-electron chi connectivity index (χ3n) is 1.57. The summed E-state index contributed by atoms with van der Waals surface area (Å²) in [6, 6.07) is 5.26. The molecule has 0 amide bonds. The second-order valence-corrected chi connectivity index (χ2v) is 4.38. The first-order chi connectivity index (χ1) is 6.19. The number of ketones is 1. The molecule has 0 saturated carbocycles. The van der Waals surface area contributed by atoms with Crippen molar-refractivity contribution in [3.63, 3.8) is 0 Å². The lowest BCUT2D eigenvalue weighted by molar-refractivity contribution is 0.0998. The Morgan fingerprint density at radius 2 is 2.23 bits per heavy atom. The number of hydrogen-bond acceptors (Lipinski definition) is 4. The van der Waals surface area contributed by atoms with Gasteiger partial charge in [0.2, 0.25) is 0 Å². The number of anilines is 1. The Hall–Kier alpha value is -0.270. The van der Waals surface area contributed by atoms with Crippen molar-refractivity contribution in [3.8, 4) is 0 Å². The molecule has 0 unspecified atom stereocenters. The van der Waals surface area contributed by atoms with Crippen LogP contribution in [0.2, 0.25) is 0 Å². The van der Waals surface area contributed by atoms with E-state index in [2.05, 4.69) is 21.2 Å². The number of halogens is 1. The van der Waals surface area contributed by atoms with Crippen LogP contribution in [-0.2, 0) is 0 Å². The maximum Gasteiger partial charge on any atom is 0.177 e. The molecule has 5 heteroatoms. The van der Waals surface area contributed by atoms with E-state index in [-0.39, 0.29) is 12.3 Å². The fourth-order valence-electron chi connectivity index (χ4n) is 0.943. The lowest BCUT2D eigenvalue weighted by Crippen LogP contribution is -2.14. The maximum atomic E-state index is 11.3. The molecule has 13 heavy (non-hydrogen) atoms. The van der Waals surface area contributed by atoms with Crippen LogP contribution in [0.4, 0.5) is 5.69 Å². The van der Waals surface area contributed by atoms with E-state index in [0.29, 0.717) is 11.3 Å². The molecule has 0 spiro atoms. The van der Waals surface area contributed by atoms with Gasteiger partial charge in [0.25, 0.3) is 0 Å². The first kappa shape index (κ1) is 10.8. The van der Waals surface area contributed by atoms with Gasteiger partial charge in [0.15, 0.2) is 5.78 Å². The molecule has 0 aromatic heterocycles. The standard InChI is InChI=1S/C8H9IN2OS/c9-13-8-2-1-5(11)3-6(8)7(12)4-10/h1-3H,4,10-11H2. The molecular formula is C8H9IN2OS. The molecule has 0 aliphatic rings. The zero-order chi connectivity index (χ0) is 9.84. The number of benzene rings is 1. The Morgan fingerprint density at radius 3 is 2.77 bits per heavy atom. The molecule has 0 atom stereocenters. The van der Waals surface area contributed by atoms with E-state index in [1.165, 1.54) is 8.93 Å². The third kappa shape index (κ3) is 2.58. The monoisotopic (exact) mass is 308 g/mol. The maximum absolute atomic E-state index is 11.3. The summed E-state index contributed by atoms with van der Waals surface area (Å²) < 4.78 is 0. The molecule has 0 saturated heterocycles. The molecule has 4 N–H and O–H groups in total. The zero-order valence-electron chi connectivity index (χ0n) is 6.79. The first-order valence-electron chi connectivity index (χ1n) is 3.60. The fraction of sp³-hybridized carbons (Fsp3) is 0.125. The summed E-state index contributed by atoms with van der Waals surface area (Å²) >= 11 is 2.12. The van der Waals surface area contributed by atoms with Gasteiger partial charge in [0, 0.05) is 37.4 Å². The van der Waals surface area contributed by atoms with Gasteiger partial charge in [-0.25, -0.2) is 0 Å². The minimum absolute atomic E-state index is 0.0215. The van der Waals surface area contributed by atoms with Crippen LogP contribution in [0.5, 0.6) is 0 Å². The van der Waals surface area contributed by atoms with E-state index >= 15 is 0 Å². The van der Waals surface area contributed by atoms with Crippen LogP contribution in [-0.4, -0.2) is 12.3 Å². The van der Waals surface area contributed by atoms with Crippen LogP contribution in [0, 0.1) is 0 Å². The number of rotatable bonds is 3. The smallest absolute Gasteiger partial charge is 0.177 e. The molecule has 1 aromatic rings. The normalized spacial score (nSPS) is 10.0. The van der Waals surface area contributed by atoms with Crippen LogP contribution in [0.3, 0.4) is 0 Å². The van der Waals surface area contributed by atoms with Crippen LogP contribution in [0.25, 0.3) is 0 Å². The summed E-state index contributed by atoms with van der Waals surface area (Å²) in [4.78, 5) is 12.3. The second kappa shape index (κ2) is 4.83. The van der Waals surface area contributed by atoms with Crippen molar-refractivity contribution in [1.29, 1.82) is 0 Å². The number of nitrogens with two attached hydrogens (primary N) is 2. The van der Waals surface area contributed by atoms with Crippen molar-refractivity contribution in [2.75, 3.05) is 12.3 Å². The van der Waals surface area contributed by atoms with Crippen molar-refractivity contribution >= 4 is 41.6 Å². The van der Waals surface area contributed by atoms with Crippen LogP contribution in [0.1, 0.15) is 10.4 Å². The number of carbonyl (C=O) groups is 1.